The van der Waals surface area contributed by atoms with E-state index in [2.05, 4.69) is 0 Å². The zero-order valence-electron chi connectivity index (χ0n) is 11.2. The number of hydrogen-bond donors (Lipinski definition) is 1. The van der Waals surface area contributed by atoms with Gasteiger partial charge in [-0.25, -0.2) is 0 Å². The Balaban J connectivity index is 2.26. The highest BCUT2D eigenvalue weighted by Gasteiger charge is 2.45. The van der Waals surface area contributed by atoms with Crippen molar-refractivity contribution in [2.24, 2.45) is 5.41 Å². The van der Waals surface area contributed by atoms with Crippen molar-refractivity contribution < 1.29 is 13.0 Å². The third kappa shape index (κ3) is 3.27. The van der Waals surface area contributed by atoms with Crippen molar-refractivity contribution in [3.05, 3.63) is 0 Å². The summed E-state index contributed by atoms with van der Waals surface area (Å²) in [4.78, 5) is 0. The van der Waals surface area contributed by atoms with Crippen molar-refractivity contribution in [1.29, 1.82) is 0 Å². The van der Waals surface area contributed by atoms with Gasteiger partial charge in [0.05, 0.1) is 5.25 Å². The van der Waals surface area contributed by atoms with Crippen LogP contribution in [0.3, 0.4) is 0 Å². The Bertz CT molecular complexity index is 355. The molecule has 0 aliphatic heterocycles. The number of rotatable bonds is 1. The van der Waals surface area contributed by atoms with E-state index in [0.29, 0.717) is 6.42 Å². The van der Waals surface area contributed by atoms with E-state index in [-0.39, 0.29) is 5.41 Å². The molecule has 1 N–H and O–H groups in total. The summed E-state index contributed by atoms with van der Waals surface area (Å²) in [6.07, 6.45) is 12.8. The average Bonchev–Trinajstić information content (AvgIpc) is 2.40. The maximum atomic E-state index is 11.8. The molecule has 0 amide bonds. The molecule has 2 aliphatic rings. The molecule has 2 saturated carbocycles. The monoisotopic (exact) mass is 274 g/mol. The Morgan fingerprint density at radius 2 is 1.22 bits per heavy atom. The lowest BCUT2D eigenvalue weighted by Crippen LogP contribution is -2.42. The molecule has 1 atom stereocenters. The summed E-state index contributed by atoms with van der Waals surface area (Å²) >= 11 is 0. The highest BCUT2D eigenvalue weighted by atomic mass is 32.2. The first-order valence-electron chi connectivity index (χ1n) is 7.51. The molecule has 0 aromatic carbocycles. The van der Waals surface area contributed by atoms with E-state index < -0.39 is 15.4 Å². The molecule has 0 bridgehead atoms. The molecule has 106 valence electrons. The second-order valence-electron chi connectivity index (χ2n) is 6.23. The van der Waals surface area contributed by atoms with Crippen LogP contribution in [0.15, 0.2) is 0 Å². The first-order chi connectivity index (χ1) is 8.55. The Morgan fingerprint density at radius 1 is 0.778 bits per heavy atom. The summed E-state index contributed by atoms with van der Waals surface area (Å²) in [6.45, 7) is 0. The van der Waals surface area contributed by atoms with Crippen LogP contribution in [0.2, 0.25) is 0 Å². The summed E-state index contributed by atoms with van der Waals surface area (Å²) in [6, 6.07) is 0. The molecule has 0 aromatic heterocycles. The minimum atomic E-state index is -3.89. The van der Waals surface area contributed by atoms with Gasteiger partial charge in [0.15, 0.2) is 0 Å². The van der Waals surface area contributed by atoms with Crippen molar-refractivity contribution in [3.63, 3.8) is 0 Å². The highest BCUT2D eigenvalue weighted by Crippen LogP contribution is 2.48. The molecule has 0 heterocycles. The van der Waals surface area contributed by atoms with Crippen LogP contribution in [0.1, 0.15) is 77.0 Å². The molecule has 0 aromatic rings. The van der Waals surface area contributed by atoms with Crippen molar-refractivity contribution in [1.82, 2.24) is 0 Å². The van der Waals surface area contributed by atoms with Crippen molar-refractivity contribution in [2.75, 3.05) is 0 Å². The Labute approximate surface area is 111 Å². The fourth-order valence-electron chi connectivity index (χ4n) is 4.10. The minimum Gasteiger partial charge on any atom is -0.285 e. The molecule has 0 saturated heterocycles. The molecular formula is C14H26O3S. The fourth-order valence-corrected chi connectivity index (χ4v) is 5.55. The third-order valence-corrected chi connectivity index (χ3v) is 6.49. The predicted molar refractivity (Wildman–Crippen MR) is 73.2 cm³/mol. The van der Waals surface area contributed by atoms with E-state index in [4.69, 9.17) is 0 Å². The molecule has 1 spiro atoms. The zero-order valence-corrected chi connectivity index (χ0v) is 12.1. The third-order valence-electron chi connectivity index (χ3n) is 5.03. The molecule has 2 aliphatic carbocycles. The fraction of sp³-hybridized carbons (Fsp3) is 1.00. The SMILES string of the molecule is O=S(=O)(O)C1CCCCCCCC12CCCCC2. The van der Waals surface area contributed by atoms with Crippen LogP contribution in [0.25, 0.3) is 0 Å². The van der Waals surface area contributed by atoms with E-state index >= 15 is 0 Å². The van der Waals surface area contributed by atoms with Gasteiger partial charge in [-0.05, 0) is 31.1 Å². The minimum absolute atomic E-state index is 0.115. The van der Waals surface area contributed by atoms with E-state index in [1.165, 1.54) is 19.3 Å². The van der Waals surface area contributed by atoms with Crippen molar-refractivity contribution in [3.8, 4) is 0 Å². The van der Waals surface area contributed by atoms with Crippen LogP contribution in [-0.4, -0.2) is 18.2 Å². The summed E-state index contributed by atoms with van der Waals surface area (Å²) in [5, 5.41) is -0.497. The van der Waals surface area contributed by atoms with Gasteiger partial charge in [-0.1, -0.05) is 51.4 Å². The molecule has 4 heteroatoms. The summed E-state index contributed by atoms with van der Waals surface area (Å²) in [5.41, 5.74) is -0.115. The second kappa shape index (κ2) is 5.91. The van der Waals surface area contributed by atoms with Crippen LogP contribution >= 0.6 is 0 Å². The molecule has 1 unspecified atom stereocenters. The van der Waals surface area contributed by atoms with Crippen molar-refractivity contribution in [2.45, 2.75) is 82.3 Å². The van der Waals surface area contributed by atoms with Crippen LogP contribution in [0.4, 0.5) is 0 Å². The lowest BCUT2D eigenvalue weighted by atomic mass is 9.68. The van der Waals surface area contributed by atoms with Crippen LogP contribution in [0, 0.1) is 5.41 Å². The Kier molecular flexibility index (Phi) is 4.70. The van der Waals surface area contributed by atoms with Gasteiger partial charge in [0.1, 0.15) is 0 Å². The quantitative estimate of drug-likeness (QED) is 0.737. The first kappa shape index (κ1) is 14.3. The van der Waals surface area contributed by atoms with Gasteiger partial charge in [0.2, 0.25) is 0 Å². The predicted octanol–water partition coefficient (Wildman–Crippen LogP) is 3.94. The average molecular weight is 274 g/mol. The molecule has 3 nitrogen and oxygen atoms in total. The first-order valence-corrected chi connectivity index (χ1v) is 9.01. The smallest absolute Gasteiger partial charge is 0.268 e. The molecular weight excluding hydrogens is 248 g/mol. The number of hydrogen-bond acceptors (Lipinski definition) is 2. The molecule has 18 heavy (non-hydrogen) atoms. The van der Waals surface area contributed by atoms with Crippen LogP contribution in [-0.2, 0) is 10.1 Å². The van der Waals surface area contributed by atoms with Gasteiger partial charge in [0, 0.05) is 0 Å². The largest absolute Gasteiger partial charge is 0.285 e. The summed E-state index contributed by atoms with van der Waals surface area (Å²) < 4.78 is 33.2. The highest BCUT2D eigenvalue weighted by molar-refractivity contribution is 7.86. The van der Waals surface area contributed by atoms with Crippen LogP contribution in [0.5, 0.6) is 0 Å². The topological polar surface area (TPSA) is 54.4 Å². The van der Waals surface area contributed by atoms with Gasteiger partial charge in [-0.2, -0.15) is 8.42 Å². The Hall–Kier alpha value is -0.0900. The normalized spacial score (nSPS) is 30.4. The van der Waals surface area contributed by atoms with E-state index in [1.54, 1.807) is 0 Å². The second-order valence-corrected chi connectivity index (χ2v) is 7.83. The zero-order chi connectivity index (χ0) is 13.1. The molecule has 0 radical (unpaired) electrons. The Morgan fingerprint density at radius 3 is 1.78 bits per heavy atom. The molecule has 2 rings (SSSR count). The van der Waals surface area contributed by atoms with Gasteiger partial charge in [0.25, 0.3) is 10.1 Å². The lowest BCUT2D eigenvalue weighted by molar-refractivity contribution is 0.149. The summed E-state index contributed by atoms with van der Waals surface area (Å²) in [5.74, 6) is 0. The van der Waals surface area contributed by atoms with Gasteiger partial charge < -0.3 is 0 Å². The van der Waals surface area contributed by atoms with E-state index in [1.807, 2.05) is 0 Å². The van der Waals surface area contributed by atoms with E-state index in [0.717, 1.165) is 51.4 Å². The summed E-state index contributed by atoms with van der Waals surface area (Å²) in [7, 11) is -3.89. The van der Waals surface area contributed by atoms with Gasteiger partial charge in [-0.15, -0.1) is 0 Å². The lowest BCUT2D eigenvalue weighted by Gasteiger charge is -2.42. The van der Waals surface area contributed by atoms with Gasteiger partial charge >= 0.3 is 0 Å². The maximum absolute atomic E-state index is 11.8. The van der Waals surface area contributed by atoms with Crippen molar-refractivity contribution >= 4 is 10.1 Å². The van der Waals surface area contributed by atoms with Gasteiger partial charge in [-0.3, -0.25) is 4.55 Å². The van der Waals surface area contributed by atoms with Crippen LogP contribution < -0.4 is 0 Å². The maximum Gasteiger partial charge on any atom is 0.268 e. The van der Waals surface area contributed by atoms with E-state index in [9.17, 15) is 13.0 Å². The standard InChI is InChI=1S/C14H26O3S/c15-18(16,17)13-9-5-2-1-3-6-10-14(13)11-7-4-8-12-14/h13H,1-12H2,(H,15,16,17). The molecule has 2 fully saturated rings.